The number of amides is 1. The minimum atomic E-state index is -0.199. The number of rotatable bonds is 3. The Hall–Kier alpha value is -1.66. The standard InChI is InChI=1S/C17H28N6O/c18-15(24)13-11-14(12-13)23-16(19-20-21-23)22-9-4-7-17(8-10-22)5-2-1-3-6-17/h13-14H,1-12H2,(H2,18,24). The van der Waals surface area contributed by atoms with Gasteiger partial charge in [-0.2, -0.15) is 0 Å². The van der Waals surface area contributed by atoms with Gasteiger partial charge in [-0.3, -0.25) is 4.79 Å². The number of hydrogen-bond acceptors (Lipinski definition) is 5. The van der Waals surface area contributed by atoms with E-state index in [0.717, 1.165) is 31.9 Å². The van der Waals surface area contributed by atoms with Gasteiger partial charge in [0.25, 0.3) is 0 Å². The number of aromatic nitrogens is 4. The van der Waals surface area contributed by atoms with Crippen LogP contribution in [0.25, 0.3) is 0 Å². The molecular formula is C17H28N6O. The van der Waals surface area contributed by atoms with E-state index in [0.29, 0.717) is 5.41 Å². The van der Waals surface area contributed by atoms with Crippen molar-refractivity contribution in [3.05, 3.63) is 0 Å². The van der Waals surface area contributed by atoms with Gasteiger partial charge in [-0.25, -0.2) is 4.68 Å². The molecule has 1 spiro atoms. The summed E-state index contributed by atoms with van der Waals surface area (Å²) in [6.45, 7) is 2.08. The molecule has 2 aliphatic carbocycles. The van der Waals surface area contributed by atoms with Crippen LogP contribution in [0.5, 0.6) is 0 Å². The Morgan fingerprint density at radius 2 is 1.79 bits per heavy atom. The summed E-state index contributed by atoms with van der Waals surface area (Å²) in [4.78, 5) is 13.6. The molecule has 7 heteroatoms. The summed E-state index contributed by atoms with van der Waals surface area (Å²) in [6, 6.07) is 0.222. The topological polar surface area (TPSA) is 89.9 Å². The van der Waals surface area contributed by atoms with Crippen molar-refractivity contribution in [3.63, 3.8) is 0 Å². The van der Waals surface area contributed by atoms with Crippen molar-refractivity contribution in [1.29, 1.82) is 0 Å². The summed E-state index contributed by atoms with van der Waals surface area (Å²) in [6.07, 6.45) is 12.4. The Bertz CT molecular complexity index is 588. The maximum absolute atomic E-state index is 11.3. The summed E-state index contributed by atoms with van der Waals surface area (Å²) in [5.74, 6) is 0.673. The third-order valence-electron chi connectivity index (χ3n) is 6.58. The average molecular weight is 332 g/mol. The molecule has 0 aromatic carbocycles. The third-order valence-corrected chi connectivity index (χ3v) is 6.58. The molecule has 1 aliphatic heterocycles. The fraction of sp³-hybridized carbons (Fsp3) is 0.882. The van der Waals surface area contributed by atoms with Crippen LogP contribution in [0.1, 0.15) is 70.3 Å². The molecule has 0 bridgehead atoms. The lowest BCUT2D eigenvalue weighted by Gasteiger charge is -2.37. The summed E-state index contributed by atoms with van der Waals surface area (Å²) in [5.41, 5.74) is 5.95. The van der Waals surface area contributed by atoms with Gasteiger partial charge < -0.3 is 10.6 Å². The van der Waals surface area contributed by atoms with Crippen molar-refractivity contribution >= 4 is 11.9 Å². The van der Waals surface area contributed by atoms with E-state index in [1.54, 1.807) is 0 Å². The fourth-order valence-corrected chi connectivity index (χ4v) is 4.91. The van der Waals surface area contributed by atoms with Crippen LogP contribution in [-0.4, -0.2) is 39.2 Å². The average Bonchev–Trinajstić information content (AvgIpc) is 2.90. The van der Waals surface area contributed by atoms with Crippen LogP contribution in [-0.2, 0) is 4.79 Å². The van der Waals surface area contributed by atoms with E-state index in [2.05, 4.69) is 20.4 Å². The smallest absolute Gasteiger partial charge is 0.245 e. The molecule has 1 saturated heterocycles. The quantitative estimate of drug-likeness (QED) is 0.915. The maximum atomic E-state index is 11.3. The van der Waals surface area contributed by atoms with Crippen LogP contribution >= 0.6 is 0 Å². The van der Waals surface area contributed by atoms with E-state index in [1.807, 2.05) is 4.68 Å². The van der Waals surface area contributed by atoms with Crippen LogP contribution in [0.15, 0.2) is 0 Å². The van der Waals surface area contributed by atoms with Gasteiger partial charge in [0.15, 0.2) is 0 Å². The number of hydrogen-bond donors (Lipinski definition) is 1. The Morgan fingerprint density at radius 3 is 2.54 bits per heavy atom. The minimum Gasteiger partial charge on any atom is -0.369 e. The molecule has 0 unspecified atom stereocenters. The fourth-order valence-electron chi connectivity index (χ4n) is 4.91. The van der Waals surface area contributed by atoms with E-state index in [4.69, 9.17) is 5.73 Å². The lowest BCUT2D eigenvalue weighted by atomic mass is 9.69. The largest absolute Gasteiger partial charge is 0.369 e. The number of tetrazole rings is 1. The molecule has 2 N–H and O–H groups in total. The third kappa shape index (κ3) is 2.89. The van der Waals surface area contributed by atoms with Gasteiger partial charge >= 0.3 is 0 Å². The van der Waals surface area contributed by atoms with Crippen LogP contribution in [0, 0.1) is 11.3 Å². The molecule has 24 heavy (non-hydrogen) atoms. The maximum Gasteiger partial charge on any atom is 0.245 e. The first-order chi connectivity index (χ1) is 11.7. The molecule has 3 fully saturated rings. The number of anilines is 1. The molecule has 0 radical (unpaired) electrons. The zero-order valence-corrected chi connectivity index (χ0v) is 14.4. The Labute approximate surface area is 142 Å². The van der Waals surface area contributed by atoms with E-state index in [1.165, 1.54) is 51.4 Å². The van der Waals surface area contributed by atoms with Gasteiger partial charge in [0.2, 0.25) is 11.9 Å². The van der Waals surface area contributed by atoms with Gasteiger partial charge in [0.1, 0.15) is 0 Å². The highest BCUT2D eigenvalue weighted by Gasteiger charge is 2.38. The van der Waals surface area contributed by atoms with Crippen molar-refractivity contribution in [2.45, 2.75) is 70.3 Å². The van der Waals surface area contributed by atoms with Gasteiger partial charge in [-0.05, 0) is 60.8 Å². The predicted molar refractivity (Wildman–Crippen MR) is 90.4 cm³/mol. The highest BCUT2D eigenvalue weighted by molar-refractivity contribution is 5.77. The first-order valence-electron chi connectivity index (χ1n) is 9.49. The van der Waals surface area contributed by atoms with Crippen LogP contribution in [0.2, 0.25) is 0 Å². The van der Waals surface area contributed by atoms with Crippen LogP contribution in [0.4, 0.5) is 5.95 Å². The normalized spacial score (nSPS) is 29.9. The van der Waals surface area contributed by atoms with Crippen molar-refractivity contribution in [1.82, 2.24) is 20.2 Å². The first kappa shape index (κ1) is 15.8. The molecule has 7 nitrogen and oxygen atoms in total. The Kier molecular flexibility index (Phi) is 4.18. The van der Waals surface area contributed by atoms with Crippen molar-refractivity contribution in [3.8, 4) is 0 Å². The lowest BCUT2D eigenvalue weighted by Crippen LogP contribution is -2.38. The van der Waals surface area contributed by atoms with E-state index in [-0.39, 0.29) is 17.9 Å². The molecule has 2 saturated carbocycles. The first-order valence-corrected chi connectivity index (χ1v) is 9.49. The SMILES string of the molecule is NC(=O)C1CC(n2nnnc2N2CCCC3(CCCCC3)CC2)C1. The highest BCUT2D eigenvalue weighted by atomic mass is 16.1. The molecule has 132 valence electrons. The van der Waals surface area contributed by atoms with Gasteiger partial charge in [-0.1, -0.05) is 24.4 Å². The second-order valence-corrected chi connectivity index (χ2v) is 8.05. The second kappa shape index (κ2) is 6.33. The molecule has 0 atom stereocenters. The van der Waals surface area contributed by atoms with E-state index in [9.17, 15) is 4.79 Å². The molecule has 3 aliphatic rings. The zero-order chi connectivity index (χ0) is 16.6. The molecule has 4 rings (SSSR count). The molecule has 1 aromatic heterocycles. The molecule has 1 aromatic rings. The van der Waals surface area contributed by atoms with Crippen LogP contribution in [0.3, 0.4) is 0 Å². The Morgan fingerprint density at radius 1 is 1.04 bits per heavy atom. The van der Waals surface area contributed by atoms with Crippen molar-refractivity contribution < 1.29 is 4.79 Å². The van der Waals surface area contributed by atoms with E-state index >= 15 is 0 Å². The number of nitrogens with zero attached hydrogens (tertiary/aromatic N) is 5. The summed E-state index contributed by atoms with van der Waals surface area (Å²) in [5, 5.41) is 12.4. The summed E-state index contributed by atoms with van der Waals surface area (Å²) >= 11 is 0. The summed E-state index contributed by atoms with van der Waals surface area (Å²) < 4.78 is 1.93. The highest BCUT2D eigenvalue weighted by Crippen LogP contribution is 2.45. The second-order valence-electron chi connectivity index (χ2n) is 8.05. The van der Waals surface area contributed by atoms with Crippen molar-refractivity contribution in [2.75, 3.05) is 18.0 Å². The van der Waals surface area contributed by atoms with Gasteiger partial charge in [0, 0.05) is 19.0 Å². The Balaban J connectivity index is 1.43. The molecule has 2 heterocycles. The van der Waals surface area contributed by atoms with Crippen molar-refractivity contribution in [2.24, 2.45) is 17.1 Å². The van der Waals surface area contributed by atoms with E-state index < -0.39 is 0 Å². The van der Waals surface area contributed by atoms with Crippen LogP contribution < -0.4 is 10.6 Å². The number of carbonyl (C=O) groups is 1. The number of primary amides is 1. The predicted octanol–water partition coefficient (Wildman–Crippen LogP) is 2.05. The number of carbonyl (C=O) groups excluding carboxylic acids is 1. The minimum absolute atomic E-state index is 0.0123. The zero-order valence-electron chi connectivity index (χ0n) is 14.4. The monoisotopic (exact) mass is 332 g/mol. The number of nitrogens with two attached hydrogens (primary N) is 1. The molecule has 1 amide bonds. The summed E-state index contributed by atoms with van der Waals surface area (Å²) in [7, 11) is 0. The molecular weight excluding hydrogens is 304 g/mol. The van der Waals surface area contributed by atoms with Gasteiger partial charge in [-0.15, -0.1) is 0 Å². The lowest BCUT2D eigenvalue weighted by molar-refractivity contribution is -0.125. The van der Waals surface area contributed by atoms with Gasteiger partial charge in [0.05, 0.1) is 6.04 Å².